The number of nitrogens with zero attached hydrogens (tertiary/aromatic N) is 4. The highest BCUT2D eigenvalue weighted by Crippen LogP contribution is 2.23. The van der Waals surface area contributed by atoms with Crippen molar-refractivity contribution < 1.29 is 4.74 Å². The van der Waals surface area contributed by atoms with Gasteiger partial charge in [0.1, 0.15) is 12.5 Å². The summed E-state index contributed by atoms with van der Waals surface area (Å²) in [5.41, 5.74) is 5.77. The Morgan fingerprint density at radius 2 is 1.96 bits per heavy atom. The van der Waals surface area contributed by atoms with Gasteiger partial charge in [-0.05, 0) is 43.2 Å². The molecule has 0 fully saturated rings. The normalized spacial score (nSPS) is 14.1. The number of fused-ring (bicyclic) bond motifs is 1. The fourth-order valence-corrected chi connectivity index (χ4v) is 3.17. The highest BCUT2D eigenvalue weighted by Gasteiger charge is 2.19. The molecule has 3 heterocycles. The molecule has 26 heavy (non-hydrogen) atoms. The van der Waals surface area contributed by atoms with Crippen molar-refractivity contribution in [3.63, 3.8) is 0 Å². The van der Waals surface area contributed by atoms with Crippen LogP contribution in [-0.4, -0.2) is 33.1 Å². The number of hydrogen-bond donors (Lipinski definition) is 0. The van der Waals surface area contributed by atoms with Crippen LogP contribution in [0.1, 0.15) is 22.4 Å². The van der Waals surface area contributed by atoms with Crippen molar-refractivity contribution in [1.29, 1.82) is 0 Å². The SMILES string of the molecule is Cc1cccc(OCN2CCc3nc(-c4ccncc4)ncc3C2)c1C. The van der Waals surface area contributed by atoms with Crippen LogP contribution in [0.2, 0.25) is 0 Å². The van der Waals surface area contributed by atoms with Gasteiger partial charge in [-0.15, -0.1) is 0 Å². The van der Waals surface area contributed by atoms with E-state index in [9.17, 15) is 0 Å². The van der Waals surface area contributed by atoms with E-state index < -0.39 is 0 Å². The third kappa shape index (κ3) is 3.44. The first-order chi connectivity index (χ1) is 12.7. The second-order valence-corrected chi connectivity index (χ2v) is 6.68. The van der Waals surface area contributed by atoms with Gasteiger partial charge in [0.15, 0.2) is 5.82 Å². The predicted molar refractivity (Wildman–Crippen MR) is 101 cm³/mol. The van der Waals surface area contributed by atoms with E-state index in [1.807, 2.05) is 30.5 Å². The zero-order valence-corrected chi connectivity index (χ0v) is 15.1. The average Bonchev–Trinajstić information content (AvgIpc) is 2.69. The van der Waals surface area contributed by atoms with Crippen molar-refractivity contribution in [2.75, 3.05) is 13.3 Å². The molecule has 5 heteroatoms. The van der Waals surface area contributed by atoms with E-state index in [1.165, 1.54) is 16.7 Å². The Balaban J connectivity index is 1.44. The standard InChI is InChI=1S/C21H22N4O/c1-15-4-3-5-20(16(15)2)26-14-25-11-8-19-18(13-25)12-23-21(24-19)17-6-9-22-10-7-17/h3-7,9-10,12H,8,11,13-14H2,1-2H3. The summed E-state index contributed by atoms with van der Waals surface area (Å²) in [5, 5.41) is 0. The fraction of sp³-hybridized carbons (Fsp3) is 0.286. The molecule has 5 nitrogen and oxygen atoms in total. The van der Waals surface area contributed by atoms with Gasteiger partial charge in [-0.3, -0.25) is 9.88 Å². The molecule has 0 atom stereocenters. The van der Waals surface area contributed by atoms with E-state index in [1.54, 1.807) is 12.4 Å². The molecule has 0 radical (unpaired) electrons. The van der Waals surface area contributed by atoms with E-state index in [-0.39, 0.29) is 0 Å². The molecular formula is C21H22N4O. The highest BCUT2D eigenvalue weighted by molar-refractivity contribution is 5.54. The Hall–Kier alpha value is -2.79. The molecule has 1 aromatic carbocycles. The van der Waals surface area contributed by atoms with Crippen LogP contribution in [0.15, 0.2) is 48.9 Å². The van der Waals surface area contributed by atoms with Crippen LogP contribution < -0.4 is 4.74 Å². The summed E-state index contributed by atoms with van der Waals surface area (Å²) in [6, 6.07) is 10.1. The molecule has 0 bridgehead atoms. The van der Waals surface area contributed by atoms with Crippen LogP contribution in [-0.2, 0) is 13.0 Å². The number of aromatic nitrogens is 3. The summed E-state index contributed by atoms with van der Waals surface area (Å²) < 4.78 is 6.04. The lowest BCUT2D eigenvalue weighted by Gasteiger charge is -2.28. The van der Waals surface area contributed by atoms with Gasteiger partial charge >= 0.3 is 0 Å². The maximum atomic E-state index is 6.04. The lowest BCUT2D eigenvalue weighted by atomic mass is 10.1. The molecule has 132 valence electrons. The maximum absolute atomic E-state index is 6.04. The van der Waals surface area contributed by atoms with E-state index >= 15 is 0 Å². The Kier molecular flexibility index (Phi) is 4.63. The van der Waals surface area contributed by atoms with E-state index in [0.717, 1.165) is 42.3 Å². The van der Waals surface area contributed by atoms with Gasteiger partial charge in [0.25, 0.3) is 0 Å². The van der Waals surface area contributed by atoms with Gasteiger partial charge in [-0.2, -0.15) is 0 Å². The van der Waals surface area contributed by atoms with Gasteiger partial charge in [0.05, 0.1) is 5.69 Å². The molecule has 0 aliphatic carbocycles. The van der Waals surface area contributed by atoms with Gasteiger partial charge in [-0.25, -0.2) is 9.97 Å². The molecule has 0 amide bonds. The van der Waals surface area contributed by atoms with Gasteiger partial charge < -0.3 is 4.74 Å². The molecule has 0 saturated carbocycles. The van der Waals surface area contributed by atoms with Crippen LogP contribution in [0.5, 0.6) is 5.75 Å². The molecule has 3 aromatic rings. The zero-order valence-electron chi connectivity index (χ0n) is 15.1. The van der Waals surface area contributed by atoms with Crippen molar-refractivity contribution in [3.05, 3.63) is 71.3 Å². The number of aryl methyl sites for hydroxylation is 1. The number of pyridine rings is 1. The molecule has 2 aromatic heterocycles. The molecule has 0 saturated heterocycles. The zero-order chi connectivity index (χ0) is 17.9. The van der Waals surface area contributed by atoms with Crippen molar-refractivity contribution in [1.82, 2.24) is 19.9 Å². The maximum Gasteiger partial charge on any atom is 0.159 e. The van der Waals surface area contributed by atoms with Gasteiger partial charge in [0.2, 0.25) is 0 Å². The van der Waals surface area contributed by atoms with Crippen LogP contribution in [0.25, 0.3) is 11.4 Å². The molecular weight excluding hydrogens is 324 g/mol. The lowest BCUT2D eigenvalue weighted by molar-refractivity contribution is 0.112. The highest BCUT2D eigenvalue weighted by atomic mass is 16.5. The largest absolute Gasteiger partial charge is 0.478 e. The van der Waals surface area contributed by atoms with Crippen LogP contribution in [0.3, 0.4) is 0 Å². The van der Waals surface area contributed by atoms with E-state index in [4.69, 9.17) is 9.72 Å². The summed E-state index contributed by atoms with van der Waals surface area (Å²) in [5.74, 6) is 1.73. The quantitative estimate of drug-likeness (QED) is 0.723. The Morgan fingerprint density at radius 1 is 1.12 bits per heavy atom. The fourth-order valence-electron chi connectivity index (χ4n) is 3.17. The third-order valence-corrected chi connectivity index (χ3v) is 4.91. The second kappa shape index (κ2) is 7.22. The Bertz CT molecular complexity index is 911. The summed E-state index contributed by atoms with van der Waals surface area (Å²) in [6.45, 7) is 6.54. The first kappa shape index (κ1) is 16.7. The van der Waals surface area contributed by atoms with Crippen LogP contribution in [0, 0.1) is 13.8 Å². The summed E-state index contributed by atoms with van der Waals surface area (Å²) in [7, 11) is 0. The molecule has 0 N–H and O–H groups in total. The van der Waals surface area contributed by atoms with Crippen molar-refractivity contribution in [2.45, 2.75) is 26.8 Å². The second-order valence-electron chi connectivity index (χ2n) is 6.68. The predicted octanol–water partition coefficient (Wildman–Crippen LogP) is 3.55. The lowest BCUT2D eigenvalue weighted by Crippen LogP contribution is -2.34. The number of benzene rings is 1. The van der Waals surface area contributed by atoms with Crippen LogP contribution in [0.4, 0.5) is 0 Å². The minimum atomic E-state index is 0.579. The first-order valence-corrected chi connectivity index (χ1v) is 8.87. The molecule has 0 spiro atoms. The summed E-state index contributed by atoms with van der Waals surface area (Å²) in [6.07, 6.45) is 6.39. The minimum absolute atomic E-state index is 0.579. The molecule has 1 aliphatic heterocycles. The molecule has 0 unspecified atom stereocenters. The first-order valence-electron chi connectivity index (χ1n) is 8.87. The molecule has 4 rings (SSSR count). The smallest absolute Gasteiger partial charge is 0.159 e. The minimum Gasteiger partial charge on any atom is -0.478 e. The van der Waals surface area contributed by atoms with E-state index in [0.29, 0.717) is 6.73 Å². The Morgan fingerprint density at radius 3 is 2.81 bits per heavy atom. The van der Waals surface area contributed by atoms with E-state index in [2.05, 4.69) is 34.8 Å². The summed E-state index contributed by atoms with van der Waals surface area (Å²) in [4.78, 5) is 15.6. The molecule has 1 aliphatic rings. The van der Waals surface area contributed by atoms with Gasteiger partial charge in [0, 0.05) is 49.2 Å². The van der Waals surface area contributed by atoms with Gasteiger partial charge in [-0.1, -0.05) is 12.1 Å². The average molecular weight is 346 g/mol. The Labute approximate surface area is 153 Å². The number of rotatable bonds is 4. The van der Waals surface area contributed by atoms with Crippen molar-refractivity contribution in [2.24, 2.45) is 0 Å². The summed E-state index contributed by atoms with van der Waals surface area (Å²) >= 11 is 0. The number of ether oxygens (including phenoxy) is 1. The monoisotopic (exact) mass is 346 g/mol. The topological polar surface area (TPSA) is 51.1 Å². The number of hydrogen-bond acceptors (Lipinski definition) is 5. The van der Waals surface area contributed by atoms with Crippen molar-refractivity contribution in [3.8, 4) is 17.1 Å². The third-order valence-electron chi connectivity index (χ3n) is 4.91. The van der Waals surface area contributed by atoms with Crippen molar-refractivity contribution >= 4 is 0 Å². The van der Waals surface area contributed by atoms with Crippen LogP contribution >= 0.6 is 0 Å².